The number of likely N-dealkylation sites (tertiary alicyclic amines) is 1. The van der Waals surface area contributed by atoms with Gasteiger partial charge in [0.1, 0.15) is 0 Å². The maximum Gasteiger partial charge on any atom is 0.407 e. The highest BCUT2D eigenvalue weighted by molar-refractivity contribution is 5.89. The Hall–Kier alpha value is -2.12. The largest absolute Gasteiger partial charge is 0.465 e. The summed E-state index contributed by atoms with van der Waals surface area (Å²) in [6, 6.07) is 6.57. The van der Waals surface area contributed by atoms with Crippen molar-refractivity contribution in [1.82, 2.24) is 4.90 Å². The SMILES string of the molecule is COC(=O)c1ccc(C2C(O)CN(C(=O)O)CC2CO)cc1. The molecule has 1 heterocycles. The molecule has 0 aliphatic carbocycles. The van der Waals surface area contributed by atoms with E-state index in [0.29, 0.717) is 5.56 Å². The first-order chi connectivity index (χ1) is 10.5. The van der Waals surface area contributed by atoms with E-state index >= 15 is 0 Å². The van der Waals surface area contributed by atoms with Crippen LogP contribution >= 0.6 is 0 Å². The Bertz CT molecular complexity index is 543. The van der Waals surface area contributed by atoms with Gasteiger partial charge in [0.2, 0.25) is 0 Å². The second-order valence-corrected chi connectivity index (χ2v) is 5.34. The van der Waals surface area contributed by atoms with Crippen LogP contribution in [0.1, 0.15) is 21.8 Å². The molecular formula is C15H19NO6. The minimum Gasteiger partial charge on any atom is -0.465 e. The highest BCUT2D eigenvalue weighted by Gasteiger charge is 2.38. The summed E-state index contributed by atoms with van der Waals surface area (Å²) in [5, 5.41) is 28.8. The first kappa shape index (κ1) is 16.3. The Morgan fingerprint density at radius 1 is 1.27 bits per heavy atom. The molecule has 3 atom stereocenters. The lowest BCUT2D eigenvalue weighted by Gasteiger charge is -2.40. The highest BCUT2D eigenvalue weighted by Crippen LogP contribution is 2.33. The van der Waals surface area contributed by atoms with Crippen LogP contribution in [0.5, 0.6) is 0 Å². The van der Waals surface area contributed by atoms with E-state index in [1.54, 1.807) is 24.3 Å². The molecule has 0 spiro atoms. The molecule has 22 heavy (non-hydrogen) atoms. The van der Waals surface area contributed by atoms with Gasteiger partial charge in [-0.2, -0.15) is 0 Å². The van der Waals surface area contributed by atoms with Crippen LogP contribution in [0.4, 0.5) is 4.79 Å². The normalized spacial score (nSPS) is 24.9. The molecule has 7 heteroatoms. The van der Waals surface area contributed by atoms with Gasteiger partial charge >= 0.3 is 12.1 Å². The lowest BCUT2D eigenvalue weighted by Crippen LogP contribution is -2.51. The zero-order valence-electron chi connectivity index (χ0n) is 12.2. The number of hydrogen-bond acceptors (Lipinski definition) is 5. The molecule has 1 fully saturated rings. The van der Waals surface area contributed by atoms with Gasteiger partial charge < -0.3 is 25.0 Å². The van der Waals surface area contributed by atoms with Gasteiger partial charge in [-0.05, 0) is 17.7 Å². The zero-order valence-corrected chi connectivity index (χ0v) is 12.2. The Balaban J connectivity index is 2.22. The number of β-amino-alcohol motifs (C(OH)–C–C–N with tert-alkyl or cyclic N) is 1. The van der Waals surface area contributed by atoms with Crippen molar-refractivity contribution in [2.75, 3.05) is 26.8 Å². The van der Waals surface area contributed by atoms with Gasteiger partial charge in [0.25, 0.3) is 0 Å². The van der Waals surface area contributed by atoms with Crippen LogP contribution in [0.15, 0.2) is 24.3 Å². The summed E-state index contributed by atoms with van der Waals surface area (Å²) in [4.78, 5) is 23.6. The Morgan fingerprint density at radius 3 is 2.41 bits per heavy atom. The summed E-state index contributed by atoms with van der Waals surface area (Å²) in [6.07, 6.45) is -2.03. The molecule has 0 saturated carbocycles. The van der Waals surface area contributed by atoms with E-state index in [0.717, 1.165) is 10.5 Å². The third-order valence-electron chi connectivity index (χ3n) is 4.01. The molecular weight excluding hydrogens is 290 g/mol. The van der Waals surface area contributed by atoms with Crippen LogP contribution in [0, 0.1) is 5.92 Å². The molecule has 120 valence electrons. The lowest BCUT2D eigenvalue weighted by molar-refractivity contribution is 0.00500. The number of esters is 1. The number of piperidine rings is 1. The molecule has 1 aliphatic heterocycles. The fraction of sp³-hybridized carbons (Fsp3) is 0.467. The fourth-order valence-corrected chi connectivity index (χ4v) is 2.91. The van der Waals surface area contributed by atoms with Gasteiger partial charge in [-0.3, -0.25) is 0 Å². The van der Waals surface area contributed by atoms with Gasteiger partial charge in [-0.15, -0.1) is 0 Å². The fourth-order valence-electron chi connectivity index (χ4n) is 2.91. The Morgan fingerprint density at radius 2 is 1.91 bits per heavy atom. The van der Waals surface area contributed by atoms with E-state index in [2.05, 4.69) is 4.74 Å². The van der Waals surface area contributed by atoms with Crippen LogP contribution in [-0.2, 0) is 4.74 Å². The van der Waals surface area contributed by atoms with Gasteiger partial charge in [0.05, 0.1) is 25.3 Å². The van der Waals surface area contributed by atoms with Crippen LogP contribution in [0.2, 0.25) is 0 Å². The second kappa shape index (κ2) is 6.76. The van der Waals surface area contributed by atoms with Gasteiger partial charge in [-0.1, -0.05) is 12.1 Å². The van der Waals surface area contributed by atoms with Crippen LogP contribution in [-0.4, -0.2) is 65.2 Å². The van der Waals surface area contributed by atoms with Crippen molar-refractivity contribution in [3.63, 3.8) is 0 Å². The summed E-state index contributed by atoms with van der Waals surface area (Å²) in [7, 11) is 1.30. The number of carbonyl (C=O) groups is 2. The average molecular weight is 309 g/mol. The van der Waals surface area contributed by atoms with E-state index in [9.17, 15) is 19.8 Å². The molecule has 1 aliphatic rings. The molecule has 1 saturated heterocycles. The molecule has 7 nitrogen and oxygen atoms in total. The topological polar surface area (TPSA) is 107 Å². The van der Waals surface area contributed by atoms with E-state index < -0.39 is 24.1 Å². The van der Waals surface area contributed by atoms with Crippen LogP contribution in [0.25, 0.3) is 0 Å². The number of aliphatic hydroxyl groups is 2. The van der Waals surface area contributed by atoms with Gasteiger partial charge in [-0.25, -0.2) is 9.59 Å². The second-order valence-electron chi connectivity index (χ2n) is 5.34. The average Bonchev–Trinajstić information content (AvgIpc) is 2.53. The van der Waals surface area contributed by atoms with Crippen LogP contribution in [0.3, 0.4) is 0 Å². The highest BCUT2D eigenvalue weighted by atomic mass is 16.5. The molecule has 3 N–H and O–H groups in total. The lowest BCUT2D eigenvalue weighted by atomic mass is 9.79. The van der Waals surface area contributed by atoms with Crippen molar-refractivity contribution < 1.29 is 29.6 Å². The molecule has 0 bridgehead atoms. The first-order valence-electron chi connectivity index (χ1n) is 6.93. The maximum atomic E-state index is 11.4. The number of carbonyl (C=O) groups excluding carboxylic acids is 1. The number of ether oxygens (including phenoxy) is 1. The van der Waals surface area contributed by atoms with Crippen molar-refractivity contribution in [1.29, 1.82) is 0 Å². The molecule has 3 unspecified atom stereocenters. The zero-order chi connectivity index (χ0) is 16.3. The molecule has 1 aromatic rings. The number of nitrogens with zero attached hydrogens (tertiary/aromatic N) is 1. The number of methoxy groups -OCH3 is 1. The number of rotatable bonds is 3. The number of aliphatic hydroxyl groups excluding tert-OH is 2. The van der Waals surface area contributed by atoms with Crippen molar-refractivity contribution >= 4 is 12.1 Å². The standard InChI is InChI=1S/C15H19NO6/c1-22-14(19)10-4-2-9(3-5-10)13-11(8-17)6-16(15(20)21)7-12(13)18/h2-5,11-13,17-18H,6-8H2,1H3,(H,20,21). The van der Waals surface area contributed by atoms with E-state index in [1.165, 1.54) is 7.11 Å². The molecule has 1 amide bonds. The minimum absolute atomic E-state index is 0.00471. The van der Waals surface area contributed by atoms with Crippen molar-refractivity contribution in [2.24, 2.45) is 5.92 Å². The minimum atomic E-state index is -1.11. The third kappa shape index (κ3) is 3.20. The summed E-state index contributed by atoms with van der Waals surface area (Å²) in [5.41, 5.74) is 1.15. The molecule has 2 rings (SSSR count). The molecule has 1 aromatic carbocycles. The van der Waals surface area contributed by atoms with E-state index in [-0.39, 0.29) is 25.6 Å². The number of carboxylic acid groups (broad SMARTS) is 1. The first-order valence-corrected chi connectivity index (χ1v) is 6.93. The number of hydrogen-bond donors (Lipinski definition) is 3. The Labute approximate surface area is 127 Å². The smallest absolute Gasteiger partial charge is 0.407 e. The van der Waals surface area contributed by atoms with E-state index in [4.69, 9.17) is 5.11 Å². The predicted molar refractivity (Wildman–Crippen MR) is 76.7 cm³/mol. The summed E-state index contributed by atoms with van der Waals surface area (Å²) in [5.74, 6) is -1.23. The maximum absolute atomic E-state index is 11.4. The van der Waals surface area contributed by atoms with E-state index in [1.807, 2.05) is 0 Å². The number of benzene rings is 1. The quantitative estimate of drug-likeness (QED) is 0.703. The summed E-state index contributed by atoms with van der Waals surface area (Å²) < 4.78 is 4.63. The third-order valence-corrected chi connectivity index (χ3v) is 4.01. The summed E-state index contributed by atoms with van der Waals surface area (Å²) in [6.45, 7) is -0.0776. The van der Waals surface area contributed by atoms with Crippen molar-refractivity contribution in [3.05, 3.63) is 35.4 Å². The van der Waals surface area contributed by atoms with Crippen molar-refractivity contribution in [2.45, 2.75) is 12.0 Å². The monoisotopic (exact) mass is 309 g/mol. The van der Waals surface area contributed by atoms with Crippen LogP contribution < -0.4 is 0 Å². The predicted octanol–water partition coefficient (Wildman–Crippen LogP) is 0.520. The molecule has 0 aromatic heterocycles. The van der Waals surface area contributed by atoms with Crippen molar-refractivity contribution in [3.8, 4) is 0 Å². The van der Waals surface area contributed by atoms with Gasteiger partial charge in [0, 0.05) is 25.0 Å². The van der Waals surface area contributed by atoms with Gasteiger partial charge in [0.15, 0.2) is 0 Å². The summed E-state index contributed by atoms with van der Waals surface area (Å²) >= 11 is 0. The Kier molecular flexibility index (Phi) is 4.99. The molecule has 0 radical (unpaired) electrons. The number of amides is 1.